The Kier molecular flexibility index (Phi) is 3.36. The number of hydrogen-bond donors (Lipinski definition) is 0. The molecule has 0 saturated carbocycles. The Labute approximate surface area is 136 Å². The van der Waals surface area contributed by atoms with E-state index in [0.29, 0.717) is 22.7 Å². The third-order valence-corrected chi connectivity index (χ3v) is 3.55. The monoisotopic (exact) mass is 323 g/mol. The van der Waals surface area contributed by atoms with Gasteiger partial charge in [-0.15, -0.1) is 0 Å². The van der Waals surface area contributed by atoms with Crippen molar-refractivity contribution in [2.24, 2.45) is 0 Å². The Balaban J connectivity index is 1.81. The molecule has 0 amide bonds. The summed E-state index contributed by atoms with van der Waals surface area (Å²) in [6.07, 6.45) is 4.70. The molecule has 0 fully saturated rings. The van der Waals surface area contributed by atoms with Crippen molar-refractivity contribution in [2.45, 2.75) is 0 Å². The predicted molar refractivity (Wildman–Crippen MR) is 86.0 cm³/mol. The van der Waals surface area contributed by atoms with Gasteiger partial charge in [0.1, 0.15) is 11.7 Å². The van der Waals surface area contributed by atoms with E-state index in [1.54, 1.807) is 29.2 Å². The van der Waals surface area contributed by atoms with Crippen molar-refractivity contribution in [2.75, 3.05) is 0 Å². The molecule has 1 aromatic carbocycles. The number of halogens is 1. The molecule has 4 rings (SSSR count). The molecule has 6 nitrogen and oxygen atoms in total. The van der Waals surface area contributed by atoms with Crippen molar-refractivity contribution in [3.8, 4) is 17.3 Å². The summed E-state index contributed by atoms with van der Waals surface area (Å²) in [5, 5.41) is 5.34. The average Bonchev–Trinajstić information content (AvgIpc) is 3.03. The summed E-state index contributed by atoms with van der Waals surface area (Å²) in [7, 11) is 0. The topological polar surface area (TPSA) is 65.7 Å². The number of pyridine rings is 1. The Morgan fingerprint density at radius 3 is 2.65 bits per heavy atom. The smallest absolute Gasteiger partial charge is 0.233 e. The lowest BCUT2D eigenvalue weighted by molar-refractivity contribution is 0.466. The fraction of sp³-hybridized carbons (Fsp3) is 0. The molecule has 4 aromatic rings. The largest absolute Gasteiger partial charge is 0.435 e. The van der Waals surface area contributed by atoms with Gasteiger partial charge >= 0.3 is 0 Å². The van der Waals surface area contributed by atoms with E-state index >= 15 is 0 Å². The van der Waals surface area contributed by atoms with E-state index in [1.165, 1.54) is 6.33 Å². The predicted octanol–water partition coefficient (Wildman–Crippen LogP) is 3.66. The number of rotatable bonds is 3. The molecular formula is C16H10ClN5O. The zero-order valence-electron chi connectivity index (χ0n) is 11.8. The second-order valence-electron chi connectivity index (χ2n) is 4.70. The van der Waals surface area contributed by atoms with Crippen molar-refractivity contribution in [1.82, 2.24) is 24.7 Å². The quantitative estimate of drug-likeness (QED) is 0.538. The van der Waals surface area contributed by atoms with Gasteiger partial charge in [0.2, 0.25) is 5.88 Å². The van der Waals surface area contributed by atoms with E-state index < -0.39 is 0 Å². The van der Waals surface area contributed by atoms with Gasteiger partial charge in [0.15, 0.2) is 16.5 Å². The second kappa shape index (κ2) is 5.66. The van der Waals surface area contributed by atoms with E-state index in [2.05, 4.69) is 20.1 Å². The van der Waals surface area contributed by atoms with Crippen LogP contribution in [0.1, 0.15) is 0 Å². The first-order chi connectivity index (χ1) is 11.3. The van der Waals surface area contributed by atoms with Gasteiger partial charge in [-0.3, -0.25) is 0 Å². The van der Waals surface area contributed by atoms with Crippen LogP contribution in [0, 0.1) is 0 Å². The molecule has 3 aromatic heterocycles. The summed E-state index contributed by atoms with van der Waals surface area (Å²) < 4.78 is 7.50. The first kappa shape index (κ1) is 13.7. The first-order valence-electron chi connectivity index (χ1n) is 6.85. The van der Waals surface area contributed by atoms with E-state index in [0.717, 1.165) is 5.69 Å². The standard InChI is InChI=1S/C16H10ClN5O/c17-14-13(7-4-8-18-14)23-16-12-9-21-22(15(12)19-10-20-16)11-5-2-1-3-6-11/h1-10H. The molecule has 0 unspecified atom stereocenters. The highest BCUT2D eigenvalue weighted by atomic mass is 35.5. The van der Waals surface area contributed by atoms with Gasteiger partial charge in [-0.25, -0.2) is 19.6 Å². The summed E-state index contributed by atoms with van der Waals surface area (Å²) >= 11 is 6.03. The van der Waals surface area contributed by atoms with Gasteiger partial charge < -0.3 is 4.74 Å². The zero-order chi connectivity index (χ0) is 15.6. The number of nitrogens with zero attached hydrogens (tertiary/aromatic N) is 5. The minimum Gasteiger partial charge on any atom is -0.435 e. The maximum atomic E-state index is 6.03. The number of benzene rings is 1. The van der Waals surface area contributed by atoms with Gasteiger partial charge in [-0.05, 0) is 24.3 Å². The third kappa shape index (κ3) is 2.49. The van der Waals surface area contributed by atoms with Crippen molar-refractivity contribution in [3.05, 3.63) is 66.3 Å². The molecule has 0 aliphatic rings. The lowest BCUT2D eigenvalue weighted by Crippen LogP contribution is -1.98. The van der Waals surface area contributed by atoms with Crippen molar-refractivity contribution in [3.63, 3.8) is 0 Å². The van der Waals surface area contributed by atoms with Crippen LogP contribution in [0.15, 0.2) is 61.2 Å². The van der Waals surface area contributed by atoms with E-state index in [4.69, 9.17) is 16.3 Å². The Hall–Kier alpha value is -2.99. The molecule has 0 radical (unpaired) electrons. The maximum absolute atomic E-state index is 6.03. The summed E-state index contributed by atoms with van der Waals surface area (Å²) in [6.45, 7) is 0. The highest BCUT2D eigenvalue weighted by Crippen LogP contribution is 2.30. The molecule has 0 bridgehead atoms. The van der Waals surface area contributed by atoms with Crippen LogP contribution in [0.2, 0.25) is 5.15 Å². The van der Waals surface area contributed by atoms with Gasteiger partial charge in [-0.1, -0.05) is 29.8 Å². The Morgan fingerprint density at radius 2 is 1.83 bits per heavy atom. The number of para-hydroxylation sites is 1. The van der Waals surface area contributed by atoms with E-state index in [9.17, 15) is 0 Å². The molecule has 7 heteroatoms. The van der Waals surface area contributed by atoms with Crippen LogP contribution in [-0.2, 0) is 0 Å². The van der Waals surface area contributed by atoms with Crippen molar-refractivity contribution < 1.29 is 4.74 Å². The minimum absolute atomic E-state index is 0.273. The molecule has 0 N–H and O–H groups in total. The van der Waals surface area contributed by atoms with Crippen LogP contribution in [0.4, 0.5) is 0 Å². The Bertz CT molecular complexity index is 971. The highest BCUT2D eigenvalue weighted by Gasteiger charge is 2.13. The molecule has 0 aliphatic carbocycles. The summed E-state index contributed by atoms with van der Waals surface area (Å²) in [5.41, 5.74) is 1.56. The maximum Gasteiger partial charge on any atom is 0.233 e. The molecule has 0 aliphatic heterocycles. The van der Waals surface area contributed by atoms with Gasteiger partial charge in [-0.2, -0.15) is 5.10 Å². The van der Waals surface area contributed by atoms with Gasteiger partial charge in [0.25, 0.3) is 0 Å². The molecule has 3 heterocycles. The molecule has 0 saturated heterocycles. The molecule has 0 atom stereocenters. The van der Waals surface area contributed by atoms with Crippen LogP contribution in [0.3, 0.4) is 0 Å². The lowest BCUT2D eigenvalue weighted by Gasteiger charge is -2.06. The average molecular weight is 324 g/mol. The van der Waals surface area contributed by atoms with Crippen LogP contribution in [0.25, 0.3) is 16.7 Å². The van der Waals surface area contributed by atoms with Gasteiger partial charge in [0, 0.05) is 6.20 Å². The number of aromatic nitrogens is 5. The summed E-state index contributed by atoms with van der Waals surface area (Å²) in [5.74, 6) is 0.814. The molecule has 23 heavy (non-hydrogen) atoms. The SMILES string of the molecule is Clc1ncccc1Oc1ncnc2c1cnn2-c1ccccc1. The molecular weight excluding hydrogens is 314 g/mol. The van der Waals surface area contributed by atoms with Crippen LogP contribution >= 0.6 is 11.6 Å². The fourth-order valence-corrected chi connectivity index (χ4v) is 2.37. The van der Waals surface area contributed by atoms with Crippen molar-refractivity contribution in [1.29, 1.82) is 0 Å². The summed E-state index contributed by atoms with van der Waals surface area (Å²) in [4.78, 5) is 12.5. The van der Waals surface area contributed by atoms with Crippen LogP contribution in [0.5, 0.6) is 11.6 Å². The van der Waals surface area contributed by atoms with Gasteiger partial charge in [0.05, 0.1) is 11.9 Å². The van der Waals surface area contributed by atoms with Crippen LogP contribution < -0.4 is 4.74 Å². The normalized spacial score (nSPS) is 10.8. The Morgan fingerprint density at radius 1 is 0.957 bits per heavy atom. The number of fused-ring (bicyclic) bond motifs is 1. The van der Waals surface area contributed by atoms with E-state index in [1.807, 2.05) is 30.3 Å². The molecule has 0 spiro atoms. The van der Waals surface area contributed by atoms with Crippen LogP contribution in [-0.4, -0.2) is 24.7 Å². The number of hydrogen-bond acceptors (Lipinski definition) is 5. The second-order valence-corrected chi connectivity index (χ2v) is 5.06. The number of ether oxygens (including phenoxy) is 1. The lowest BCUT2D eigenvalue weighted by atomic mass is 10.3. The highest BCUT2D eigenvalue weighted by molar-refractivity contribution is 6.30. The zero-order valence-corrected chi connectivity index (χ0v) is 12.6. The first-order valence-corrected chi connectivity index (χ1v) is 7.23. The van der Waals surface area contributed by atoms with Crippen molar-refractivity contribution >= 4 is 22.6 Å². The molecule has 112 valence electrons. The van der Waals surface area contributed by atoms with E-state index in [-0.39, 0.29) is 5.15 Å². The third-order valence-electron chi connectivity index (χ3n) is 3.26. The fourth-order valence-electron chi connectivity index (χ4n) is 2.21. The minimum atomic E-state index is 0.273. The summed E-state index contributed by atoms with van der Waals surface area (Å²) in [6, 6.07) is 13.2.